The Kier molecular flexibility index (Phi) is 2.09. The molecule has 0 radical (unpaired) electrons. The molecule has 0 bridgehead atoms. The number of methoxy groups -OCH3 is 1. The molecule has 0 spiro atoms. The zero-order valence-electron chi connectivity index (χ0n) is 8.07. The molecule has 5 nitrogen and oxygen atoms in total. The highest BCUT2D eigenvalue weighted by Gasteiger charge is 2.11. The number of ether oxygens (including phenoxy) is 1. The van der Waals surface area contributed by atoms with Crippen LogP contribution in [0.2, 0.25) is 0 Å². The molecular formula is C9H11N3O2. The predicted molar refractivity (Wildman–Crippen MR) is 51.7 cm³/mol. The molecule has 0 atom stereocenters. The van der Waals surface area contributed by atoms with Crippen molar-refractivity contribution < 1.29 is 9.15 Å². The van der Waals surface area contributed by atoms with Gasteiger partial charge in [-0.2, -0.15) is 4.98 Å². The van der Waals surface area contributed by atoms with Crippen LogP contribution in [0.1, 0.15) is 11.5 Å². The summed E-state index contributed by atoms with van der Waals surface area (Å²) in [5.41, 5.74) is 7.56. The van der Waals surface area contributed by atoms with E-state index in [0.717, 1.165) is 11.1 Å². The lowest BCUT2D eigenvalue weighted by Crippen LogP contribution is -1.99. The fourth-order valence-electron chi connectivity index (χ4n) is 1.40. The summed E-state index contributed by atoms with van der Waals surface area (Å²) in [5, 5.41) is 0.748. The Hall–Kier alpha value is -1.62. The first kappa shape index (κ1) is 8.96. The Morgan fingerprint density at radius 3 is 3.00 bits per heavy atom. The van der Waals surface area contributed by atoms with E-state index >= 15 is 0 Å². The van der Waals surface area contributed by atoms with Crippen LogP contribution in [0.3, 0.4) is 0 Å². The normalized spacial score (nSPS) is 11.0. The van der Waals surface area contributed by atoms with E-state index in [4.69, 9.17) is 14.9 Å². The number of rotatable bonds is 2. The van der Waals surface area contributed by atoms with E-state index in [1.807, 2.05) is 0 Å². The number of aromatic nitrogens is 2. The summed E-state index contributed by atoms with van der Waals surface area (Å²) in [4.78, 5) is 8.37. The summed E-state index contributed by atoms with van der Waals surface area (Å²) in [6, 6.07) is 0. The number of nitrogens with zero attached hydrogens (tertiary/aromatic N) is 2. The highest BCUT2D eigenvalue weighted by Crippen LogP contribution is 2.24. The van der Waals surface area contributed by atoms with Gasteiger partial charge in [0.25, 0.3) is 0 Å². The third-order valence-electron chi connectivity index (χ3n) is 1.93. The first-order chi connectivity index (χ1) is 6.72. The summed E-state index contributed by atoms with van der Waals surface area (Å²) < 4.78 is 10.2. The van der Waals surface area contributed by atoms with Crippen LogP contribution in [-0.2, 0) is 11.3 Å². The Morgan fingerprint density at radius 2 is 2.29 bits per heavy atom. The van der Waals surface area contributed by atoms with E-state index < -0.39 is 0 Å². The second-order valence-corrected chi connectivity index (χ2v) is 3.02. The van der Waals surface area contributed by atoms with Gasteiger partial charge in [-0.05, 0) is 6.92 Å². The van der Waals surface area contributed by atoms with Crippen molar-refractivity contribution in [3.8, 4) is 0 Å². The Morgan fingerprint density at radius 1 is 1.50 bits per heavy atom. The molecule has 0 unspecified atom stereocenters. The number of fused-ring (bicyclic) bond motifs is 1. The van der Waals surface area contributed by atoms with Crippen molar-refractivity contribution in [2.24, 2.45) is 0 Å². The lowest BCUT2D eigenvalue weighted by Gasteiger charge is -2.01. The van der Waals surface area contributed by atoms with E-state index in [0.29, 0.717) is 23.8 Å². The van der Waals surface area contributed by atoms with Crippen LogP contribution in [0.15, 0.2) is 10.7 Å². The maximum atomic E-state index is 5.73. The van der Waals surface area contributed by atoms with Crippen molar-refractivity contribution >= 4 is 16.8 Å². The van der Waals surface area contributed by atoms with Gasteiger partial charge in [-0.1, -0.05) is 0 Å². The highest BCUT2D eigenvalue weighted by molar-refractivity contribution is 5.88. The topological polar surface area (TPSA) is 74.2 Å². The molecule has 0 aliphatic rings. The minimum absolute atomic E-state index is 0.406. The molecule has 0 saturated heterocycles. The zero-order chi connectivity index (χ0) is 10.1. The van der Waals surface area contributed by atoms with Gasteiger partial charge in [-0.15, -0.1) is 0 Å². The average molecular weight is 193 g/mol. The molecule has 0 aromatic carbocycles. The Bertz CT molecular complexity index is 464. The third-order valence-corrected chi connectivity index (χ3v) is 1.93. The number of hydrogen-bond acceptors (Lipinski definition) is 5. The molecule has 0 fully saturated rings. The van der Waals surface area contributed by atoms with Crippen LogP contribution in [-0.4, -0.2) is 17.1 Å². The molecule has 0 amide bonds. The van der Waals surface area contributed by atoms with E-state index in [1.165, 1.54) is 6.26 Å². The fourth-order valence-corrected chi connectivity index (χ4v) is 1.40. The van der Waals surface area contributed by atoms with Gasteiger partial charge in [0.2, 0.25) is 5.71 Å². The van der Waals surface area contributed by atoms with E-state index in [2.05, 4.69) is 9.97 Å². The van der Waals surface area contributed by atoms with Crippen LogP contribution in [0, 0.1) is 6.92 Å². The number of nitrogen functional groups attached to an aromatic ring is 1. The number of aryl methyl sites for hydroxylation is 1. The highest BCUT2D eigenvalue weighted by atomic mass is 16.5. The number of furan rings is 1. The quantitative estimate of drug-likeness (QED) is 0.777. The van der Waals surface area contributed by atoms with Crippen molar-refractivity contribution in [2.45, 2.75) is 13.5 Å². The molecule has 2 rings (SSSR count). The first-order valence-electron chi connectivity index (χ1n) is 4.21. The maximum Gasteiger partial charge on any atom is 0.231 e. The lowest BCUT2D eigenvalue weighted by atomic mass is 10.2. The second-order valence-electron chi connectivity index (χ2n) is 3.02. The molecule has 0 aliphatic heterocycles. The fraction of sp³-hybridized carbons (Fsp3) is 0.333. The predicted octanol–water partition coefficient (Wildman–Crippen LogP) is 1.26. The van der Waals surface area contributed by atoms with Gasteiger partial charge in [0.05, 0.1) is 23.4 Å². The Labute approximate surface area is 80.9 Å². The SMILES string of the molecule is COCc1nc(C)nc2occ(N)c12. The van der Waals surface area contributed by atoms with Gasteiger partial charge in [-0.25, -0.2) is 4.98 Å². The summed E-state index contributed by atoms with van der Waals surface area (Å²) in [6.45, 7) is 2.21. The zero-order valence-corrected chi connectivity index (χ0v) is 8.07. The summed E-state index contributed by atoms with van der Waals surface area (Å²) >= 11 is 0. The van der Waals surface area contributed by atoms with Crippen LogP contribution >= 0.6 is 0 Å². The molecule has 0 aliphatic carbocycles. The van der Waals surface area contributed by atoms with Gasteiger partial charge in [0.15, 0.2) is 0 Å². The van der Waals surface area contributed by atoms with Crippen molar-refractivity contribution in [1.82, 2.24) is 9.97 Å². The summed E-state index contributed by atoms with van der Waals surface area (Å²) in [6.07, 6.45) is 1.47. The Balaban J connectivity index is 2.70. The minimum Gasteiger partial charge on any atom is -0.444 e. The number of hydrogen-bond donors (Lipinski definition) is 1. The minimum atomic E-state index is 0.406. The molecule has 2 heterocycles. The molecule has 2 aromatic rings. The van der Waals surface area contributed by atoms with Crippen molar-refractivity contribution in [2.75, 3.05) is 12.8 Å². The second kappa shape index (κ2) is 3.26. The third kappa shape index (κ3) is 1.31. The molecule has 14 heavy (non-hydrogen) atoms. The van der Waals surface area contributed by atoms with Crippen molar-refractivity contribution in [3.63, 3.8) is 0 Å². The summed E-state index contributed by atoms with van der Waals surface area (Å²) in [7, 11) is 1.61. The molecular weight excluding hydrogens is 182 g/mol. The molecule has 74 valence electrons. The summed E-state index contributed by atoms with van der Waals surface area (Å²) in [5.74, 6) is 0.652. The smallest absolute Gasteiger partial charge is 0.231 e. The number of nitrogens with two attached hydrogens (primary N) is 1. The van der Waals surface area contributed by atoms with E-state index in [9.17, 15) is 0 Å². The largest absolute Gasteiger partial charge is 0.444 e. The monoisotopic (exact) mass is 193 g/mol. The average Bonchev–Trinajstić information content (AvgIpc) is 2.48. The van der Waals surface area contributed by atoms with Crippen molar-refractivity contribution in [3.05, 3.63) is 17.8 Å². The molecule has 2 N–H and O–H groups in total. The van der Waals surface area contributed by atoms with Crippen LogP contribution in [0.25, 0.3) is 11.1 Å². The maximum absolute atomic E-state index is 5.73. The number of anilines is 1. The van der Waals surface area contributed by atoms with Gasteiger partial charge in [0, 0.05) is 7.11 Å². The van der Waals surface area contributed by atoms with Crippen LogP contribution < -0.4 is 5.73 Å². The van der Waals surface area contributed by atoms with E-state index in [1.54, 1.807) is 14.0 Å². The standard InChI is InChI=1S/C9H11N3O2/c1-5-11-7(4-13-2)8-6(10)3-14-9(8)12-5/h3H,4,10H2,1-2H3. The van der Waals surface area contributed by atoms with E-state index in [-0.39, 0.29) is 0 Å². The molecule has 2 aromatic heterocycles. The molecule has 0 saturated carbocycles. The van der Waals surface area contributed by atoms with Gasteiger partial charge in [0.1, 0.15) is 12.1 Å². The van der Waals surface area contributed by atoms with Crippen LogP contribution in [0.4, 0.5) is 5.69 Å². The van der Waals surface area contributed by atoms with Crippen molar-refractivity contribution in [1.29, 1.82) is 0 Å². The first-order valence-corrected chi connectivity index (χ1v) is 4.21. The van der Waals surface area contributed by atoms with Crippen LogP contribution in [0.5, 0.6) is 0 Å². The van der Waals surface area contributed by atoms with Gasteiger partial charge in [-0.3, -0.25) is 0 Å². The molecule has 5 heteroatoms. The van der Waals surface area contributed by atoms with Gasteiger partial charge >= 0.3 is 0 Å². The lowest BCUT2D eigenvalue weighted by molar-refractivity contribution is 0.182. The van der Waals surface area contributed by atoms with Gasteiger partial charge < -0.3 is 14.9 Å².